The zero-order valence-electron chi connectivity index (χ0n) is 11.5. The Morgan fingerprint density at radius 2 is 1.87 bits per heavy atom. The maximum atomic E-state index is 12.8. The zero-order valence-corrected chi connectivity index (χ0v) is 11.5. The summed E-state index contributed by atoms with van der Waals surface area (Å²) in [7, 11) is 0. The third-order valence-electron chi connectivity index (χ3n) is 3.18. The molecule has 0 saturated heterocycles. The lowest BCUT2D eigenvalue weighted by Crippen LogP contribution is -2.44. The van der Waals surface area contributed by atoms with Crippen molar-refractivity contribution in [1.29, 1.82) is 0 Å². The quantitative estimate of drug-likeness (QED) is 0.828. The largest absolute Gasteiger partial charge is 0.368 e. The van der Waals surface area contributed by atoms with E-state index in [4.69, 9.17) is 5.73 Å². The van der Waals surface area contributed by atoms with Gasteiger partial charge in [-0.1, -0.05) is 0 Å². The molecule has 0 aliphatic heterocycles. The van der Waals surface area contributed by atoms with Crippen LogP contribution in [-0.2, 0) is 0 Å². The van der Waals surface area contributed by atoms with Crippen molar-refractivity contribution in [2.45, 2.75) is 31.2 Å². The average molecular weight is 329 g/mol. The van der Waals surface area contributed by atoms with Crippen LogP contribution >= 0.6 is 0 Å². The van der Waals surface area contributed by atoms with Crippen LogP contribution in [0.5, 0.6) is 0 Å². The molecule has 2 aromatic rings. The Labute approximate surface area is 127 Å². The number of alkyl halides is 4. The van der Waals surface area contributed by atoms with Crippen LogP contribution in [0.3, 0.4) is 0 Å². The van der Waals surface area contributed by atoms with E-state index >= 15 is 0 Å². The van der Waals surface area contributed by atoms with Gasteiger partial charge in [-0.15, -0.1) is 0 Å². The van der Waals surface area contributed by atoms with Gasteiger partial charge in [0.2, 0.25) is 11.9 Å². The number of hydrogen-bond donors (Lipinski definition) is 2. The van der Waals surface area contributed by atoms with Crippen LogP contribution in [0.2, 0.25) is 0 Å². The first-order chi connectivity index (χ1) is 10.8. The van der Waals surface area contributed by atoms with E-state index in [0.29, 0.717) is 0 Å². The third kappa shape index (κ3) is 3.43. The van der Waals surface area contributed by atoms with Crippen molar-refractivity contribution < 1.29 is 17.6 Å². The van der Waals surface area contributed by atoms with Crippen molar-refractivity contribution in [2.24, 2.45) is 0 Å². The normalized spacial score (nSPS) is 17.1. The highest BCUT2D eigenvalue weighted by atomic mass is 19.3. The summed E-state index contributed by atoms with van der Waals surface area (Å²) in [5.74, 6) is -2.97. The van der Waals surface area contributed by atoms with Crippen molar-refractivity contribution in [3.05, 3.63) is 18.1 Å². The van der Waals surface area contributed by atoms with Crippen molar-refractivity contribution in [2.75, 3.05) is 11.1 Å². The number of nitrogens with one attached hydrogen (secondary N) is 1. The van der Waals surface area contributed by atoms with Crippen LogP contribution in [0.15, 0.2) is 12.4 Å². The van der Waals surface area contributed by atoms with Gasteiger partial charge in [0.15, 0.2) is 5.82 Å². The molecule has 0 aromatic carbocycles. The zero-order chi connectivity index (χ0) is 16.6. The molecule has 0 unspecified atom stereocenters. The highest BCUT2D eigenvalue weighted by Crippen LogP contribution is 2.38. The summed E-state index contributed by atoms with van der Waals surface area (Å²) in [6.07, 6.45) is -1.35. The molecule has 0 spiro atoms. The molecule has 1 aliphatic carbocycles. The van der Waals surface area contributed by atoms with Crippen LogP contribution < -0.4 is 11.1 Å². The molecule has 7 nitrogen and oxygen atoms in total. The molecule has 2 aromatic heterocycles. The van der Waals surface area contributed by atoms with E-state index in [-0.39, 0.29) is 36.3 Å². The molecule has 1 fully saturated rings. The summed E-state index contributed by atoms with van der Waals surface area (Å²) in [5.41, 5.74) is 4.99. The number of nitrogens with two attached hydrogens (primary N) is 1. The van der Waals surface area contributed by atoms with Crippen LogP contribution in [0.4, 0.5) is 29.5 Å². The smallest absolute Gasteiger partial charge is 0.281 e. The standard InChI is InChI=1S/C12H11F4N7/c13-8(14)6-3-18-4-7(20-6)9-21-10(17)23-11(22-9)19-5-1-12(15,16)2-5/h3-5,8H,1-2H2,(H3,17,19,21,22,23). The minimum atomic E-state index is -2.79. The van der Waals surface area contributed by atoms with Gasteiger partial charge < -0.3 is 11.1 Å². The number of halogens is 4. The summed E-state index contributed by atoms with van der Waals surface area (Å²) in [5, 5.41) is 2.70. The van der Waals surface area contributed by atoms with Gasteiger partial charge in [0.1, 0.15) is 11.4 Å². The molecule has 0 atom stereocenters. The molecular weight excluding hydrogens is 318 g/mol. The topological polar surface area (TPSA) is 102 Å². The van der Waals surface area contributed by atoms with Gasteiger partial charge in [-0.25, -0.2) is 22.5 Å². The SMILES string of the molecule is Nc1nc(NC2CC(F)(F)C2)nc(-c2cncc(C(F)F)n2)n1. The van der Waals surface area contributed by atoms with Gasteiger partial charge in [0.05, 0.1) is 12.4 Å². The van der Waals surface area contributed by atoms with E-state index in [1.54, 1.807) is 0 Å². The van der Waals surface area contributed by atoms with Crippen LogP contribution in [0.25, 0.3) is 11.5 Å². The number of rotatable bonds is 4. The number of nitrogen functional groups attached to an aromatic ring is 1. The number of anilines is 2. The van der Waals surface area contributed by atoms with Crippen molar-refractivity contribution in [3.63, 3.8) is 0 Å². The fourth-order valence-corrected chi connectivity index (χ4v) is 2.11. The van der Waals surface area contributed by atoms with Crippen LogP contribution in [0.1, 0.15) is 25.0 Å². The first-order valence-electron chi connectivity index (χ1n) is 6.59. The fraction of sp³-hybridized carbons (Fsp3) is 0.417. The van der Waals surface area contributed by atoms with Gasteiger partial charge in [0, 0.05) is 18.9 Å². The van der Waals surface area contributed by atoms with Crippen LogP contribution in [0, 0.1) is 0 Å². The van der Waals surface area contributed by atoms with Gasteiger partial charge in [0.25, 0.3) is 12.3 Å². The lowest BCUT2D eigenvalue weighted by Gasteiger charge is -2.35. The van der Waals surface area contributed by atoms with E-state index in [1.807, 2.05) is 0 Å². The minimum absolute atomic E-state index is 0.0149. The molecule has 3 N–H and O–H groups in total. The predicted molar refractivity (Wildman–Crippen MR) is 71.8 cm³/mol. The van der Waals surface area contributed by atoms with Crippen molar-refractivity contribution in [1.82, 2.24) is 24.9 Å². The minimum Gasteiger partial charge on any atom is -0.368 e. The Bertz CT molecular complexity index is 716. The first kappa shape index (κ1) is 15.3. The van der Waals surface area contributed by atoms with E-state index in [2.05, 4.69) is 30.2 Å². The van der Waals surface area contributed by atoms with Crippen molar-refractivity contribution in [3.8, 4) is 11.5 Å². The molecule has 23 heavy (non-hydrogen) atoms. The summed E-state index contributed by atoms with van der Waals surface area (Å²) in [4.78, 5) is 18.9. The molecule has 1 aliphatic rings. The second-order valence-electron chi connectivity index (χ2n) is 5.08. The summed E-state index contributed by atoms with van der Waals surface area (Å²) in [6.45, 7) is 0. The molecule has 2 heterocycles. The predicted octanol–water partition coefficient (Wildman–Crippen LogP) is 2.06. The number of aromatic nitrogens is 5. The van der Waals surface area contributed by atoms with E-state index < -0.39 is 24.1 Å². The molecule has 122 valence electrons. The molecular formula is C12H11F4N7. The Kier molecular flexibility index (Phi) is 3.70. The lowest BCUT2D eigenvalue weighted by atomic mass is 9.88. The van der Waals surface area contributed by atoms with Gasteiger partial charge in [-0.2, -0.15) is 15.0 Å². The van der Waals surface area contributed by atoms with E-state index in [9.17, 15) is 17.6 Å². The molecule has 11 heteroatoms. The third-order valence-corrected chi connectivity index (χ3v) is 3.18. The Balaban J connectivity index is 1.84. The van der Waals surface area contributed by atoms with Gasteiger partial charge in [-0.05, 0) is 0 Å². The summed E-state index contributed by atoms with van der Waals surface area (Å²) >= 11 is 0. The molecule has 0 radical (unpaired) electrons. The van der Waals surface area contributed by atoms with Crippen LogP contribution in [-0.4, -0.2) is 36.9 Å². The molecule has 0 bridgehead atoms. The maximum absolute atomic E-state index is 12.8. The van der Waals surface area contributed by atoms with Gasteiger partial charge in [-0.3, -0.25) is 4.98 Å². The average Bonchev–Trinajstić information content (AvgIpc) is 2.45. The summed E-state index contributed by atoms with van der Waals surface area (Å²) < 4.78 is 51.0. The number of hydrogen-bond acceptors (Lipinski definition) is 7. The highest BCUT2D eigenvalue weighted by Gasteiger charge is 2.45. The second-order valence-corrected chi connectivity index (χ2v) is 5.08. The Morgan fingerprint density at radius 3 is 2.52 bits per heavy atom. The second kappa shape index (κ2) is 5.56. The maximum Gasteiger partial charge on any atom is 0.281 e. The van der Waals surface area contributed by atoms with E-state index in [0.717, 1.165) is 6.20 Å². The number of nitrogens with zero attached hydrogens (tertiary/aromatic N) is 5. The highest BCUT2D eigenvalue weighted by molar-refractivity contribution is 5.52. The van der Waals surface area contributed by atoms with E-state index in [1.165, 1.54) is 6.20 Å². The Hall–Kier alpha value is -2.59. The molecule has 0 amide bonds. The summed E-state index contributed by atoms with van der Waals surface area (Å²) in [6, 6.07) is -0.488. The first-order valence-corrected chi connectivity index (χ1v) is 6.59. The molecule has 3 rings (SSSR count). The van der Waals surface area contributed by atoms with Gasteiger partial charge >= 0.3 is 0 Å². The molecule has 1 saturated carbocycles. The fourth-order valence-electron chi connectivity index (χ4n) is 2.11. The van der Waals surface area contributed by atoms with Crippen molar-refractivity contribution >= 4 is 11.9 Å². The Morgan fingerprint density at radius 1 is 1.13 bits per heavy atom. The lowest BCUT2D eigenvalue weighted by molar-refractivity contribution is -0.0794. The monoisotopic (exact) mass is 329 g/mol.